The summed E-state index contributed by atoms with van der Waals surface area (Å²) >= 11 is 0. The summed E-state index contributed by atoms with van der Waals surface area (Å²) in [5, 5.41) is 0. The molecule has 0 saturated carbocycles. The van der Waals surface area contributed by atoms with Crippen LogP contribution in [0, 0.1) is 11.8 Å². The lowest BCUT2D eigenvalue weighted by atomic mass is 10.00. The van der Waals surface area contributed by atoms with Crippen LogP contribution >= 0.6 is 0 Å². The van der Waals surface area contributed by atoms with Crippen LogP contribution in [0.4, 0.5) is 0 Å². The molecule has 0 spiro atoms. The van der Waals surface area contributed by atoms with Crippen LogP contribution < -0.4 is 0 Å². The Balaban J connectivity index is 4.25. The Morgan fingerprint density at radius 1 is 0.333 bits per heavy atom. The van der Waals surface area contributed by atoms with E-state index < -0.39 is 6.10 Å². The SMILES string of the molecule is CCCCCCCCCCCCCCCCCCCC(=O)O[C@H](COC(=O)CCCCCCCCCCCCCCCCCC(C)C)COC(=O)CCCCCCCCC(C)CC. The fraction of sp³-hybridized carbons (Fsp3) is 0.947. The van der Waals surface area contributed by atoms with E-state index in [4.69, 9.17) is 14.2 Å². The number of carbonyl (C=O) groups excluding carboxylic acids is 3. The van der Waals surface area contributed by atoms with Gasteiger partial charge in [-0.2, -0.15) is 0 Å². The molecule has 0 aliphatic carbocycles. The number of rotatable bonds is 51. The minimum Gasteiger partial charge on any atom is -0.462 e. The Morgan fingerprint density at radius 3 is 0.905 bits per heavy atom. The number of unbranched alkanes of at least 4 members (excludes halogenated alkanes) is 35. The Bertz CT molecular complexity index is 964. The van der Waals surface area contributed by atoms with E-state index in [0.717, 1.165) is 69.6 Å². The van der Waals surface area contributed by atoms with Gasteiger partial charge in [0.1, 0.15) is 13.2 Å². The van der Waals surface area contributed by atoms with Gasteiger partial charge in [-0.25, -0.2) is 0 Å². The maximum Gasteiger partial charge on any atom is 0.306 e. The summed E-state index contributed by atoms with van der Waals surface area (Å²) in [6, 6.07) is 0. The van der Waals surface area contributed by atoms with Gasteiger partial charge in [-0.1, -0.05) is 279 Å². The first-order valence-electron chi connectivity index (χ1n) is 28.3. The molecule has 0 N–H and O–H groups in total. The lowest BCUT2D eigenvalue weighted by molar-refractivity contribution is -0.167. The van der Waals surface area contributed by atoms with Gasteiger partial charge < -0.3 is 14.2 Å². The molecule has 0 amide bonds. The van der Waals surface area contributed by atoms with Crippen molar-refractivity contribution < 1.29 is 28.6 Å². The van der Waals surface area contributed by atoms with Crippen LogP contribution in [0.25, 0.3) is 0 Å². The molecule has 0 rings (SSSR count). The van der Waals surface area contributed by atoms with Crippen molar-refractivity contribution >= 4 is 17.9 Å². The van der Waals surface area contributed by atoms with Gasteiger partial charge in [0.25, 0.3) is 0 Å². The van der Waals surface area contributed by atoms with E-state index in [9.17, 15) is 14.4 Å². The highest BCUT2D eigenvalue weighted by Crippen LogP contribution is 2.18. The predicted octanol–water partition coefficient (Wildman–Crippen LogP) is 18.5. The summed E-state index contributed by atoms with van der Waals surface area (Å²) in [5.74, 6) is 0.819. The average Bonchev–Trinajstić information content (AvgIpc) is 3.27. The zero-order valence-electron chi connectivity index (χ0n) is 43.2. The first-order valence-corrected chi connectivity index (χ1v) is 28.3. The van der Waals surface area contributed by atoms with Gasteiger partial charge in [0.05, 0.1) is 0 Å². The number of hydrogen-bond donors (Lipinski definition) is 0. The first kappa shape index (κ1) is 61.4. The van der Waals surface area contributed by atoms with E-state index in [1.54, 1.807) is 0 Å². The van der Waals surface area contributed by atoms with E-state index in [1.807, 2.05) is 0 Å². The molecule has 63 heavy (non-hydrogen) atoms. The Morgan fingerprint density at radius 2 is 0.603 bits per heavy atom. The van der Waals surface area contributed by atoms with E-state index in [1.165, 1.54) is 205 Å². The maximum absolute atomic E-state index is 12.8. The number of hydrogen-bond acceptors (Lipinski definition) is 6. The van der Waals surface area contributed by atoms with Crippen molar-refractivity contribution in [2.45, 2.75) is 323 Å². The zero-order valence-corrected chi connectivity index (χ0v) is 43.2. The molecule has 2 atom stereocenters. The van der Waals surface area contributed by atoms with Crippen molar-refractivity contribution in [2.75, 3.05) is 13.2 Å². The summed E-state index contributed by atoms with van der Waals surface area (Å²) in [4.78, 5) is 38.0. The van der Waals surface area contributed by atoms with Crippen molar-refractivity contribution in [1.82, 2.24) is 0 Å². The van der Waals surface area contributed by atoms with Crippen LogP contribution in [0.15, 0.2) is 0 Å². The molecule has 0 aliphatic rings. The third-order valence-corrected chi connectivity index (χ3v) is 13.3. The molecule has 374 valence electrons. The Hall–Kier alpha value is -1.59. The molecule has 0 heterocycles. The summed E-state index contributed by atoms with van der Waals surface area (Å²) in [5.41, 5.74) is 0. The maximum atomic E-state index is 12.8. The predicted molar refractivity (Wildman–Crippen MR) is 270 cm³/mol. The minimum atomic E-state index is -0.763. The molecular formula is C57H110O6. The minimum absolute atomic E-state index is 0.0636. The van der Waals surface area contributed by atoms with Crippen LogP contribution in [-0.2, 0) is 28.6 Å². The van der Waals surface area contributed by atoms with Crippen molar-refractivity contribution in [3.63, 3.8) is 0 Å². The lowest BCUT2D eigenvalue weighted by Gasteiger charge is -2.18. The second-order valence-electron chi connectivity index (χ2n) is 20.3. The molecule has 6 heteroatoms. The van der Waals surface area contributed by atoms with Gasteiger partial charge in [0.2, 0.25) is 0 Å². The number of carbonyl (C=O) groups is 3. The normalized spacial score (nSPS) is 12.5. The number of esters is 3. The molecule has 0 saturated heterocycles. The molecule has 0 radical (unpaired) electrons. The van der Waals surface area contributed by atoms with E-state index in [0.29, 0.717) is 19.3 Å². The van der Waals surface area contributed by atoms with Crippen molar-refractivity contribution in [2.24, 2.45) is 11.8 Å². The van der Waals surface area contributed by atoms with Crippen LogP contribution in [-0.4, -0.2) is 37.2 Å². The Kier molecular flexibility index (Phi) is 48.6. The molecule has 0 fully saturated rings. The third kappa shape index (κ3) is 49.7. The van der Waals surface area contributed by atoms with E-state index in [-0.39, 0.29) is 31.1 Å². The van der Waals surface area contributed by atoms with Crippen molar-refractivity contribution in [3.8, 4) is 0 Å². The van der Waals surface area contributed by atoms with Crippen molar-refractivity contribution in [3.05, 3.63) is 0 Å². The van der Waals surface area contributed by atoms with Gasteiger partial charge >= 0.3 is 17.9 Å². The summed E-state index contributed by atoms with van der Waals surface area (Å²) in [7, 11) is 0. The fourth-order valence-corrected chi connectivity index (χ4v) is 8.66. The van der Waals surface area contributed by atoms with Crippen LogP contribution in [0.3, 0.4) is 0 Å². The second-order valence-corrected chi connectivity index (χ2v) is 20.3. The topological polar surface area (TPSA) is 78.9 Å². The molecular weight excluding hydrogens is 781 g/mol. The smallest absolute Gasteiger partial charge is 0.306 e. The fourth-order valence-electron chi connectivity index (χ4n) is 8.66. The van der Waals surface area contributed by atoms with Gasteiger partial charge in [0.15, 0.2) is 6.10 Å². The quantitative estimate of drug-likeness (QED) is 0.0344. The highest BCUT2D eigenvalue weighted by atomic mass is 16.6. The van der Waals surface area contributed by atoms with Crippen molar-refractivity contribution in [1.29, 1.82) is 0 Å². The summed E-state index contributed by atoms with van der Waals surface area (Å²) < 4.78 is 16.9. The zero-order chi connectivity index (χ0) is 46.1. The van der Waals surface area contributed by atoms with Crippen LogP contribution in [0.1, 0.15) is 317 Å². The molecule has 0 aromatic rings. The first-order chi connectivity index (χ1) is 30.8. The lowest BCUT2D eigenvalue weighted by Crippen LogP contribution is -2.30. The highest BCUT2D eigenvalue weighted by molar-refractivity contribution is 5.71. The van der Waals surface area contributed by atoms with E-state index in [2.05, 4.69) is 34.6 Å². The monoisotopic (exact) mass is 891 g/mol. The van der Waals surface area contributed by atoms with E-state index >= 15 is 0 Å². The van der Waals surface area contributed by atoms with Crippen LogP contribution in [0.2, 0.25) is 0 Å². The largest absolute Gasteiger partial charge is 0.462 e. The van der Waals surface area contributed by atoms with Gasteiger partial charge in [-0.3, -0.25) is 14.4 Å². The molecule has 0 bridgehead atoms. The van der Waals surface area contributed by atoms with Gasteiger partial charge in [0, 0.05) is 19.3 Å². The molecule has 1 unspecified atom stereocenters. The van der Waals surface area contributed by atoms with Crippen LogP contribution in [0.5, 0.6) is 0 Å². The Labute approximate surface area is 393 Å². The summed E-state index contributed by atoms with van der Waals surface area (Å²) in [6.07, 6.45) is 52.4. The molecule has 6 nitrogen and oxygen atoms in total. The standard InChI is InChI=1S/C57H110O6/c1-6-8-9-10-11-12-13-14-15-16-19-23-26-29-32-39-44-49-57(60)63-54(51-62-56(59)48-43-38-34-33-36-41-46-53(5)7-2)50-61-55(58)47-42-37-31-28-25-22-20-17-18-21-24-27-30-35-40-45-52(3)4/h52-54H,6-51H2,1-5H3/t53?,54-/m1/s1. The third-order valence-electron chi connectivity index (χ3n) is 13.3. The molecule has 0 aliphatic heterocycles. The number of ether oxygens (including phenoxy) is 3. The molecule has 0 aromatic heterocycles. The highest BCUT2D eigenvalue weighted by Gasteiger charge is 2.19. The molecule has 0 aromatic carbocycles. The second kappa shape index (κ2) is 49.8. The van der Waals surface area contributed by atoms with Gasteiger partial charge in [-0.15, -0.1) is 0 Å². The average molecular weight is 892 g/mol. The summed E-state index contributed by atoms with van der Waals surface area (Å²) in [6.45, 7) is 11.4. The van der Waals surface area contributed by atoms with Gasteiger partial charge in [-0.05, 0) is 31.1 Å².